The lowest BCUT2D eigenvalue weighted by atomic mass is 9.85. The van der Waals surface area contributed by atoms with E-state index in [2.05, 4.69) is 139 Å². The average Bonchev–Trinajstić information content (AvgIpc) is 3.99. The van der Waals surface area contributed by atoms with Gasteiger partial charge in [-0.1, -0.05) is 111 Å². The van der Waals surface area contributed by atoms with Crippen LogP contribution in [0.5, 0.6) is 0 Å². The average molecular weight is 841 g/mol. The van der Waals surface area contributed by atoms with Crippen LogP contribution in [0.25, 0.3) is 89.7 Å². The second-order valence-electron chi connectivity index (χ2n) is 19.7. The standard InChI is InChI=1S/C54H48N8O2/c1-52(2,3)32-18-22-36-40(26-32)49-58-44(36)56-47-39-25-30(12-11-29-13-16-31(17-14-29)51(63)64-10)15-21-35(39)43(55-47)57-48-41-27-33(53(4,5)6)19-23-37(41)45(59-48)61-50-42-28-34(54(7,8)9)20-24-38(42)46(60-49)62-50/h13-28H,1-10H3,(H2,55,56,57,58,59,60,61,62). The lowest BCUT2D eigenvalue weighted by molar-refractivity contribution is 0.0600. The molecule has 0 saturated carbocycles. The highest BCUT2D eigenvalue weighted by molar-refractivity contribution is 6.07. The van der Waals surface area contributed by atoms with Gasteiger partial charge in [0.25, 0.3) is 0 Å². The van der Waals surface area contributed by atoms with Crippen molar-refractivity contribution in [1.82, 2.24) is 39.9 Å². The maximum absolute atomic E-state index is 12.0. The van der Waals surface area contributed by atoms with Crippen LogP contribution < -0.4 is 0 Å². The van der Waals surface area contributed by atoms with Crippen molar-refractivity contribution >= 4 is 50.1 Å². The zero-order valence-corrected chi connectivity index (χ0v) is 37.7. The number of H-pyrrole nitrogens is 2. The van der Waals surface area contributed by atoms with Crippen LogP contribution in [0, 0.1) is 11.8 Å². The van der Waals surface area contributed by atoms with E-state index >= 15 is 0 Å². The summed E-state index contributed by atoms with van der Waals surface area (Å²) >= 11 is 0. The fourth-order valence-corrected chi connectivity index (χ4v) is 8.22. The molecule has 10 nitrogen and oxygen atoms in total. The number of aromatic amines is 2. The molecule has 2 N–H and O–H groups in total. The Morgan fingerprint density at radius 1 is 0.438 bits per heavy atom. The number of hydrogen-bond donors (Lipinski definition) is 2. The van der Waals surface area contributed by atoms with E-state index in [9.17, 15) is 4.79 Å². The summed E-state index contributed by atoms with van der Waals surface area (Å²) in [6.45, 7) is 19.9. The number of nitrogens with zero attached hydrogens (tertiary/aromatic N) is 6. The van der Waals surface area contributed by atoms with E-state index in [1.165, 1.54) is 23.8 Å². The molecule has 0 spiro atoms. The smallest absolute Gasteiger partial charge is 0.337 e. The molecule has 2 aliphatic rings. The van der Waals surface area contributed by atoms with E-state index in [0.717, 1.165) is 54.9 Å². The highest BCUT2D eigenvalue weighted by atomic mass is 16.5. The minimum absolute atomic E-state index is 0.0974. The van der Waals surface area contributed by atoms with E-state index in [1.54, 1.807) is 12.1 Å². The number of rotatable bonds is 1. The summed E-state index contributed by atoms with van der Waals surface area (Å²) in [5.74, 6) is 8.31. The molecular formula is C54H48N8O2. The van der Waals surface area contributed by atoms with Crippen LogP contribution in [0.1, 0.15) is 100 Å². The van der Waals surface area contributed by atoms with Gasteiger partial charge in [-0.05, 0) is 93.6 Å². The van der Waals surface area contributed by atoms with Gasteiger partial charge in [-0.25, -0.2) is 34.7 Å². The first-order valence-corrected chi connectivity index (χ1v) is 21.5. The van der Waals surface area contributed by atoms with Gasteiger partial charge in [0.15, 0.2) is 23.3 Å². The molecule has 3 aromatic heterocycles. The topological polar surface area (TPSA) is 135 Å². The van der Waals surface area contributed by atoms with Crippen molar-refractivity contribution in [3.63, 3.8) is 0 Å². The van der Waals surface area contributed by atoms with Gasteiger partial charge in [0.05, 0.1) is 12.7 Å². The molecule has 0 aliphatic carbocycles. The van der Waals surface area contributed by atoms with Gasteiger partial charge in [-0.15, -0.1) is 0 Å². The highest BCUT2D eigenvalue weighted by Gasteiger charge is 2.26. The molecule has 5 heterocycles. The summed E-state index contributed by atoms with van der Waals surface area (Å²) in [5.41, 5.74) is 11.2. The van der Waals surface area contributed by atoms with E-state index in [4.69, 9.17) is 34.6 Å². The van der Waals surface area contributed by atoms with Gasteiger partial charge in [0, 0.05) is 54.9 Å². The fourth-order valence-electron chi connectivity index (χ4n) is 8.22. The van der Waals surface area contributed by atoms with Crippen LogP contribution in [0.3, 0.4) is 0 Å². The Kier molecular flexibility index (Phi) is 9.21. The van der Waals surface area contributed by atoms with Crippen molar-refractivity contribution in [2.45, 2.75) is 78.6 Å². The maximum atomic E-state index is 12.0. The van der Waals surface area contributed by atoms with Crippen molar-refractivity contribution < 1.29 is 9.53 Å². The second kappa shape index (κ2) is 14.5. The van der Waals surface area contributed by atoms with Gasteiger partial charge in [-0.2, -0.15) is 0 Å². The number of carbonyl (C=O) groups excluding carboxylic acids is 1. The molecular weight excluding hydrogens is 793 g/mol. The minimum atomic E-state index is -0.392. The van der Waals surface area contributed by atoms with Gasteiger partial charge in [-0.3, -0.25) is 0 Å². The van der Waals surface area contributed by atoms with Crippen molar-refractivity contribution in [3.05, 3.63) is 130 Å². The molecule has 0 amide bonds. The molecule has 10 heteroatoms. The minimum Gasteiger partial charge on any atom is -0.465 e. The summed E-state index contributed by atoms with van der Waals surface area (Å²) in [6.07, 6.45) is 0. The molecule has 8 aromatic rings. The van der Waals surface area contributed by atoms with Crippen LogP contribution in [-0.4, -0.2) is 53.0 Å². The number of ether oxygens (including phenoxy) is 1. The largest absolute Gasteiger partial charge is 0.465 e. The van der Waals surface area contributed by atoms with E-state index in [-0.39, 0.29) is 16.2 Å². The Balaban J connectivity index is 1.28. The first-order valence-electron chi connectivity index (χ1n) is 21.5. The van der Waals surface area contributed by atoms with E-state index in [0.29, 0.717) is 51.4 Å². The molecule has 0 unspecified atom stereocenters. The monoisotopic (exact) mass is 840 g/mol. The zero-order chi connectivity index (χ0) is 44.9. The molecule has 2 aliphatic heterocycles. The van der Waals surface area contributed by atoms with Gasteiger partial charge in [0.1, 0.15) is 22.6 Å². The first kappa shape index (κ1) is 40.6. The van der Waals surface area contributed by atoms with Crippen LogP contribution in [0.15, 0.2) is 97.1 Å². The fraction of sp³-hybridized carbons (Fsp3) is 0.241. The van der Waals surface area contributed by atoms with Crippen molar-refractivity contribution in [2.24, 2.45) is 0 Å². The third-order valence-electron chi connectivity index (χ3n) is 12.1. The number of esters is 1. The predicted octanol–water partition coefficient (Wildman–Crippen LogP) is 11.9. The Hall–Kier alpha value is -7.51. The van der Waals surface area contributed by atoms with E-state index < -0.39 is 5.97 Å². The van der Waals surface area contributed by atoms with Crippen molar-refractivity contribution in [1.29, 1.82) is 0 Å². The molecule has 8 bridgehead atoms. The Morgan fingerprint density at radius 2 is 0.828 bits per heavy atom. The summed E-state index contributed by atoms with van der Waals surface area (Å²) in [7, 11) is 1.37. The first-order chi connectivity index (χ1) is 30.4. The molecule has 316 valence electrons. The van der Waals surface area contributed by atoms with Gasteiger partial charge in [0.2, 0.25) is 0 Å². The zero-order valence-electron chi connectivity index (χ0n) is 37.7. The molecule has 64 heavy (non-hydrogen) atoms. The van der Waals surface area contributed by atoms with E-state index in [1.807, 2.05) is 30.3 Å². The third-order valence-corrected chi connectivity index (χ3v) is 12.1. The molecule has 5 aromatic carbocycles. The van der Waals surface area contributed by atoms with Crippen LogP contribution in [-0.2, 0) is 21.0 Å². The van der Waals surface area contributed by atoms with Gasteiger partial charge >= 0.3 is 5.97 Å². The number of fused-ring (bicyclic) bond motifs is 20. The molecule has 0 fully saturated rings. The predicted molar refractivity (Wildman–Crippen MR) is 256 cm³/mol. The molecule has 0 radical (unpaired) electrons. The quantitative estimate of drug-likeness (QED) is 0.123. The molecule has 0 saturated heterocycles. The number of nitrogens with one attached hydrogen (secondary N) is 2. The summed E-state index contributed by atoms with van der Waals surface area (Å²) < 4.78 is 4.86. The summed E-state index contributed by atoms with van der Waals surface area (Å²) in [4.78, 5) is 50.8. The van der Waals surface area contributed by atoms with Crippen LogP contribution in [0.2, 0.25) is 0 Å². The molecule has 10 rings (SSSR count). The lowest BCUT2D eigenvalue weighted by Gasteiger charge is -2.19. The second-order valence-corrected chi connectivity index (χ2v) is 19.7. The summed E-state index contributed by atoms with van der Waals surface area (Å²) in [5, 5.41) is 3.68. The Morgan fingerprint density at radius 3 is 1.31 bits per heavy atom. The van der Waals surface area contributed by atoms with Crippen LogP contribution in [0.4, 0.5) is 0 Å². The normalized spacial score (nSPS) is 12.5. The Bertz CT molecular complexity index is 3490. The molecule has 0 atom stereocenters. The van der Waals surface area contributed by atoms with Crippen LogP contribution >= 0.6 is 0 Å². The van der Waals surface area contributed by atoms with Gasteiger partial charge < -0.3 is 14.7 Å². The van der Waals surface area contributed by atoms with Crippen molar-refractivity contribution in [2.75, 3.05) is 7.11 Å². The third kappa shape index (κ3) is 7.17. The highest BCUT2D eigenvalue weighted by Crippen LogP contribution is 2.40. The summed E-state index contributed by atoms with van der Waals surface area (Å²) in [6, 6.07) is 32.5. The number of aromatic nitrogens is 8. The number of carbonyl (C=O) groups is 1. The number of methoxy groups -OCH3 is 1. The lowest BCUT2D eigenvalue weighted by Crippen LogP contribution is -2.10. The Labute approximate surface area is 371 Å². The number of benzene rings is 5. The van der Waals surface area contributed by atoms with Crippen molar-refractivity contribution in [3.8, 4) is 57.4 Å². The number of hydrogen-bond acceptors (Lipinski definition) is 8. The maximum Gasteiger partial charge on any atom is 0.337 e. The SMILES string of the molecule is COC(=O)c1ccc(C#Cc2ccc3c(c2)-c2nc-3nc3[nH]c(nc4nc(nc5[nH]c(n2)c2ccc(C(C)(C)C)cc52)-c2ccc(C(C)(C)C)cc2-4)c2ccc(C(C)(C)C)cc32)cc1.